The first-order chi connectivity index (χ1) is 10.2. The molecule has 0 spiro atoms. The van der Waals surface area contributed by atoms with Crippen LogP contribution in [0.4, 0.5) is 5.82 Å². The van der Waals surface area contributed by atoms with Gasteiger partial charge >= 0.3 is 0 Å². The Balaban J connectivity index is 2.04. The van der Waals surface area contributed by atoms with Gasteiger partial charge in [-0.1, -0.05) is 37.3 Å². The topological polar surface area (TPSA) is 33.2 Å². The van der Waals surface area contributed by atoms with Gasteiger partial charge in [0.15, 0.2) is 5.78 Å². The highest BCUT2D eigenvalue weighted by atomic mass is 16.1. The van der Waals surface area contributed by atoms with Gasteiger partial charge in [-0.05, 0) is 36.1 Å². The average Bonchev–Trinajstić information content (AvgIpc) is 2.54. The number of benzene rings is 1. The van der Waals surface area contributed by atoms with E-state index in [1.807, 2.05) is 38.2 Å². The zero-order chi connectivity index (χ0) is 14.8. The Morgan fingerprint density at radius 1 is 1.29 bits per heavy atom. The summed E-state index contributed by atoms with van der Waals surface area (Å²) in [6.07, 6.45) is 3.36. The van der Waals surface area contributed by atoms with Crippen molar-refractivity contribution < 1.29 is 4.79 Å². The van der Waals surface area contributed by atoms with Gasteiger partial charge in [0.1, 0.15) is 11.9 Å². The van der Waals surface area contributed by atoms with Gasteiger partial charge in [0, 0.05) is 19.2 Å². The normalized spacial score (nSPS) is 17.4. The van der Waals surface area contributed by atoms with Gasteiger partial charge in [0.2, 0.25) is 0 Å². The monoisotopic (exact) mass is 280 g/mol. The largest absolute Gasteiger partial charge is 0.342 e. The van der Waals surface area contributed by atoms with Crippen LogP contribution in [0.25, 0.3) is 0 Å². The molecular weight excluding hydrogens is 260 g/mol. The predicted molar refractivity (Wildman–Crippen MR) is 84.5 cm³/mol. The molecule has 2 heterocycles. The standard InChI is InChI=1S/C18H20N2O/c1-3-16(21)18-15-7-5-4-6-14(15)10-11-20(18)17-9-8-13(2)12-19-17/h4-9,12,18H,3,10-11H2,1-2H3. The lowest BCUT2D eigenvalue weighted by atomic mass is 9.89. The molecule has 0 radical (unpaired) electrons. The number of Topliss-reactive ketones (excluding diaryl/α,β-unsaturated/α-hetero) is 1. The van der Waals surface area contributed by atoms with Crippen molar-refractivity contribution in [2.45, 2.75) is 32.7 Å². The number of ketones is 1. The molecule has 1 aliphatic rings. The Kier molecular flexibility index (Phi) is 3.74. The highest BCUT2D eigenvalue weighted by molar-refractivity contribution is 5.89. The van der Waals surface area contributed by atoms with Gasteiger partial charge in [0.05, 0.1) is 0 Å². The van der Waals surface area contributed by atoms with Crippen molar-refractivity contribution in [1.82, 2.24) is 4.98 Å². The second kappa shape index (κ2) is 5.68. The van der Waals surface area contributed by atoms with Crippen LogP contribution in [-0.2, 0) is 11.2 Å². The first-order valence-electron chi connectivity index (χ1n) is 7.50. The molecule has 0 N–H and O–H groups in total. The maximum absolute atomic E-state index is 12.5. The van der Waals surface area contributed by atoms with Crippen LogP contribution in [0.15, 0.2) is 42.6 Å². The molecule has 0 saturated carbocycles. The number of rotatable bonds is 3. The van der Waals surface area contributed by atoms with Crippen molar-refractivity contribution in [2.24, 2.45) is 0 Å². The molecular formula is C18H20N2O. The van der Waals surface area contributed by atoms with E-state index in [0.29, 0.717) is 6.42 Å². The van der Waals surface area contributed by atoms with E-state index in [1.165, 1.54) is 5.56 Å². The van der Waals surface area contributed by atoms with Gasteiger partial charge < -0.3 is 4.90 Å². The smallest absolute Gasteiger partial charge is 0.159 e. The number of pyridine rings is 1. The van der Waals surface area contributed by atoms with E-state index in [2.05, 4.69) is 28.1 Å². The number of fused-ring (bicyclic) bond motifs is 1. The van der Waals surface area contributed by atoms with Gasteiger partial charge in [-0.2, -0.15) is 0 Å². The Labute approximate surface area is 125 Å². The van der Waals surface area contributed by atoms with E-state index in [-0.39, 0.29) is 11.8 Å². The number of carbonyl (C=O) groups excluding carboxylic acids is 1. The lowest BCUT2D eigenvalue weighted by Crippen LogP contribution is -2.40. The van der Waals surface area contributed by atoms with E-state index >= 15 is 0 Å². The molecule has 0 fully saturated rings. The number of nitrogens with zero attached hydrogens (tertiary/aromatic N) is 2. The molecule has 1 atom stereocenters. The minimum absolute atomic E-state index is 0.199. The third-order valence-electron chi connectivity index (χ3n) is 4.13. The van der Waals surface area contributed by atoms with Crippen molar-refractivity contribution in [2.75, 3.05) is 11.4 Å². The summed E-state index contributed by atoms with van der Waals surface area (Å²) in [6.45, 7) is 4.79. The fraction of sp³-hybridized carbons (Fsp3) is 0.333. The molecule has 1 aliphatic heterocycles. The molecule has 0 aliphatic carbocycles. The van der Waals surface area contributed by atoms with Crippen LogP contribution in [0, 0.1) is 6.92 Å². The Morgan fingerprint density at radius 2 is 2.10 bits per heavy atom. The van der Waals surface area contributed by atoms with Crippen LogP contribution in [-0.4, -0.2) is 17.3 Å². The maximum Gasteiger partial charge on any atom is 0.159 e. The van der Waals surface area contributed by atoms with Crippen LogP contribution in [0.3, 0.4) is 0 Å². The number of anilines is 1. The number of hydrogen-bond donors (Lipinski definition) is 0. The summed E-state index contributed by atoms with van der Waals surface area (Å²) in [5.41, 5.74) is 3.56. The van der Waals surface area contributed by atoms with E-state index in [4.69, 9.17) is 0 Å². The highest BCUT2D eigenvalue weighted by Gasteiger charge is 2.32. The Hall–Kier alpha value is -2.16. The molecule has 3 nitrogen and oxygen atoms in total. The van der Waals surface area contributed by atoms with Crippen LogP contribution in [0.2, 0.25) is 0 Å². The van der Waals surface area contributed by atoms with Crippen LogP contribution >= 0.6 is 0 Å². The van der Waals surface area contributed by atoms with Crippen molar-refractivity contribution in [3.63, 3.8) is 0 Å². The first-order valence-corrected chi connectivity index (χ1v) is 7.50. The third-order valence-corrected chi connectivity index (χ3v) is 4.13. The molecule has 1 aromatic carbocycles. The predicted octanol–water partition coefficient (Wildman–Crippen LogP) is 3.47. The molecule has 0 bridgehead atoms. The summed E-state index contributed by atoms with van der Waals surface area (Å²) in [5.74, 6) is 1.14. The summed E-state index contributed by atoms with van der Waals surface area (Å²) in [7, 11) is 0. The van der Waals surface area contributed by atoms with Gasteiger partial charge in [-0.15, -0.1) is 0 Å². The van der Waals surface area contributed by atoms with E-state index in [0.717, 1.165) is 29.9 Å². The van der Waals surface area contributed by atoms with Crippen LogP contribution < -0.4 is 4.90 Å². The minimum atomic E-state index is -0.199. The average molecular weight is 280 g/mol. The lowest BCUT2D eigenvalue weighted by Gasteiger charge is -2.37. The molecule has 1 unspecified atom stereocenters. The number of aryl methyl sites for hydroxylation is 1. The van der Waals surface area contributed by atoms with E-state index < -0.39 is 0 Å². The van der Waals surface area contributed by atoms with Crippen LogP contribution in [0.5, 0.6) is 0 Å². The zero-order valence-electron chi connectivity index (χ0n) is 12.5. The van der Waals surface area contributed by atoms with Crippen molar-refractivity contribution in [1.29, 1.82) is 0 Å². The second-order valence-corrected chi connectivity index (χ2v) is 5.56. The minimum Gasteiger partial charge on any atom is -0.342 e. The summed E-state index contributed by atoms with van der Waals surface area (Å²) in [6, 6.07) is 12.1. The first kappa shape index (κ1) is 13.8. The maximum atomic E-state index is 12.5. The summed E-state index contributed by atoms with van der Waals surface area (Å²) < 4.78 is 0. The lowest BCUT2D eigenvalue weighted by molar-refractivity contribution is -0.120. The Bertz CT molecular complexity index is 649. The Morgan fingerprint density at radius 3 is 2.81 bits per heavy atom. The summed E-state index contributed by atoms with van der Waals surface area (Å²) in [4.78, 5) is 19.2. The summed E-state index contributed by atoms with van der Waals surface area (Å²) in [5, 5.41) is 0. The SMILES string of the molecule is CCC(=O)C1c2ccccc2CCN1c1ccc(C)cn1. The molecule has 0 amide bonds. The molecule has 1 aromatic heterocycles. The molecule has 21 heavy (non-hydrogen) atoms. The van der Waals surface area contributed by atoms with E-state index in [1.54, 1.807) is 0 Å². The van der Waals surface area contributed by atoms with Crippen molar-refractivity contribution in [3.8, 4) is 0 Å². The fourth-order valence-electron chi connectivity index (χ4n) is 2.98. The molecule has 108 valence electrons. The van der Waals surface area contributed by atoms with Crippen molar-refractivity contribution >= 4 is 11.6 Å². The number of hydrogen-bond acceptors (Lipinski definition) is 3. The number of carbonyl (C=O) groups is 1. The summed E-state index contributed by atoms with van der Waals surface area (Å²) >= 11 is 0. The number of aromatic nitrogens is 1. The van der Waals surface area contributed by atoms with Crippen LogP contribution in [0.1, 0.15) is 36.1 Å². The third kappa shape index (κ3) is 2.56. The van der Waals surface area contributed by atoms with Gasteiger partial charge in [0.25, 0.3) is 0 Å². The van der Waals surface area contributed by atoms with Gasteiger partial charge in [-0.3, -0.25) is 4.79 Å². The van der Waals surface area contributed by atoms with E-state index in [9.17, 15) is 4.79 Å². The molecule has 3 heteroatoms. The highest BCUT2D eigenvalue weighted by Crippen LogP contribution is 2.34. The molecule has 0 saturated heterocycles. The quantitative estimate of drug-likeness (QED) is 0.863. The molecule has 2 aromatic rings. The van der Waals surface area contributed by atoms with Gasteiger partial charge in [-0.25, -0.2) is 4.98 Å². The fourth-order valence-corrected chi connectivity index (χ4v) is 2.98. The second-order valence-electron chi connectivity index (χ2n) is 5.56. The molecule has 3 rings (SSSR count). The zero-order valence-corrected chi connectivity index (χ0v) is 12.5. The van der Waals surface area contributed by atoms with Crippen molar-refractivity contribution in [3.05, 3.63) is 59.3 Å².